The molecule has 2 aromatic rings. The molecule has 0 aliphatic carbocycles. The molecular weight excluding hydrogens is 256 g/mol. The lowest BCUT2D eigenvalue weighted by atomic mass is 10.0. The lowest BCUT2D eigenvalue weighted by Crippen LogP contribution is -2.15. The predicted molar refractivity (Wildman–Crippen MR) is 62.4 cm³/mol. The molecule has 100 valence electrons. The molecule has 1 atom stereocenters. The molecule has 0 aliphatic heterocycles. The number of halogens is 2. The Kier molecular flexibility index (Phi) is 3.62. The summed E-state index contributed by atoms with van der Waals surface area (Å²) in [6.45, 7) is 0. The summed E-state index contributed by atoms with van der Waals surface area (Å²) in [7, 11) is 1.20. The van der Waals surface area contributed by atoms with E-state index in [1.165, 1.54) is 25.3 Å². The summed E-state index contributed by atoms with van der Waals surface area (Å²) in [6, 6.07) is 5.01. The SMILES string of the molecule is COC(=O)c1ccc(C(N)c2c(F)cccc2F)o1. The Balaban J connectivity index is 2.36. The van der Waals surface area contributed by atoms with Crippen molar-refractivity contribution in [1.29, 1.82) is 0 Å². The fourth-order valence-electron chi connectivity index (χ4n) is 1.68. The summed E-state index contributed by atoms with van der Waals surface area (Å²) in [6.07, 6.45) is 0. The zero-order valence-corrected chi connectivity index (χ0v) is 10.0. The van der Waals surface area contributed by atoms with Gasteiger partial charge in [-0.1, -0.05) is 6.07 Å². The second kappa shape index (κ2) is 5.19. The molecule has 0 aliphatic rings. The average molecular weight is 267 g/mol. The van der Waals surface area contributed by atoms with Crippen molar-refractivity contribution in [3.05, 3.63) is 59.1 Å². The smallest absolute Gasteiger partial charge is 0.373 e. The van der Waals surface area contributed by atoms with E-state index in [0.717, 1.165) is 12.1 Å². The fourth-order valence-corrected chi connectivity index (χ4v) is 1.68. The number of hydrogen-bond acceptors (Lipinski definition) is 4. The van der Waals surface area contributed by atoms with E-state index in [1.807, 2.05) is 0 Å². The summed E-state index contributed by atoms with van der Waals surface area (Å²) in [5.74, 6) is -2.24. The van der Waals surface area contributed by atoms with Gasteiger partial charge >= 0.3 is 5.97 Å². The molecule has 0 amide bonds. The summed E-state index contributed by atoms with van der Waals surface area (Å²) in [5, 5.41) is 0. The normalized spacial score (nSPS) is 12.2. The quantitative estimate of drug-likeness (QED) is 0.867. The number of rotatable bonds is 3. The van der Waals surface area contributed by atoms with E-state index in [-0.39, 0.29) is 17.1 Å². The molecule has 2 N–H and O–H groups in total. The van der Waals surface area contributed by atoms with Gasteiger partial charge in [0.1, 0.15) is 17.4 Å². The van der Waals surface area contributed by atoms with E-state index in [9.17, 15) is 13.6 Å². The van der Waals surface area contributed by atoms with Crippen LogP contribution in [0.3, 0.4) is 0 Å². The lowest BCUT2D eigenvalue weighted by molar-refractivity contribution is 0.0562. The van der Waals surface area contributed by atoms with Gasteiger partial charge in [0.2, 0.25) is 5.76 Å². The van der Waals surface area contributed by atoms with Crippen LogP contribution < -0.4 is 5.73 Å². The van der Waals surface area contributed by atoms with Gasteiger partial charge in [-0.2, -0.15) is 0 Å². The maximum atomic E-state index is 13.6. The lowest BCUT2D eigenvalue weighted by Gasteiger charge is -2.11. The zero-order valence-electron chi connectivity index (χ0n) is 10.0. The molecule has 1 heterocycles. The van der Waals surface area contributed by atoms with Crippen LogP contribution in [0.5, 0.6) is 0 Å². The second-order valence-electron chi connectivity index (χ2n) is 3.81. The third-order valence-corrected chi connectivity index (χ3v) is 2.63. The molecule has 4 nitrogen and oxygen atoms in total. The standard InChI is InChI=1S/C13H11F2NO3/c1-18-13(17)10-6-5-9(19-10)12(16)11-7(14)3-2-4-8(11)15/h2-6,12H,16H2,1H3. The highest BCUT2D eigenvalue weighted by atomic mass is 19.1. The molecule has 0 bridgehead atoms. The molecule has 19 heavy (non-hydrogen) atoms. The molecule has 1 unspecified atom stereocenters. The number of carbonyl (C=O) groups is 1. The minimum Gasteiger partial charge on any atom is -0.463 e. The van der Waals surface area contributed by atoms with E-state index < -0.39 is 23.6 Å². The van der Waals surface area contributed by atoms with E-state index in [0.29, 0.717) is 0 Å². The van der Waals surface area contributed by atoms with Crippen molar-refractivity contribution < 1.29 is 22.7 Å². The second-order valence-corrected chi connectivity index (χ2v) is 3.81. The van der Waals surface area contributed by atoms with Gasteiger partial charge in [-0.25, -0.2) is 13.6 Å². The average Bonchev–Trinajstić information content (AvgIpc) is 2.87. The first-order valence-electron chi connectivity index (χ1n) is 5.42. The van der Waals surface area contributed by atoms with Gasteiger partial charge < -0.3 is 14.9 Å². The molecule has 0 spiro atoms. The molecule has 2 rings (SSSR count). The molecule has 0 radical (unpaired) electrons. The molecule has 0 saturated heterocycles. The highest BCUT2D eigenvalue weighted by molar-refractivity contribution is 5.86. The van der Waals surface area contributed by atoms with Crippen LogP contribution in [0, 0.1) is 11.6 Å². The minimum absolute atomic E-state index is 0.0735. The summed E-state index contributed by atoms with van der Waals surface area (Å²) in [5.41, 5.74) is 5.44. The maximum Gasteiger partial charge on any atom is 0.373 e. The summed E-state index contributed by atoms with van der Waals surface area (Å²) in [4.78, 5) is 11.2. The van der Waals surface area contributed by atoms with Crippen LogP contribution in [0.4, 0.5) is 8.78 Å². The molecular formula is C13H11F2NO3. The van der Waals surface area contributed by atoms with Crippen LogP contribution in [0.1, 0.15) is 27.9 Å². The monoisotopic (exact) mass is 267 g/mol. The minimum atomic E-state index is -1.14. The van der Waals surface area contributed by atoms with E-state index >= 15 is 0 Å². The first kappa shape index (κ1) is 13.2. The van der Waals surface area contributed by atoms with Crippen molar-refractivity contribution in [3.63, 3.8) is 0 Å². The van der Waals surface area contributed by atoms with Gasteiger partial charge in [-0.05, 0) is 24.3 Å². The van der Waals surface area contributed by atoms with Crippen LogP contribution in [0.25, 0.3) is 0 Å². The van der Waals surface area contributed by atoms with Crippen LogP contribution in [-0.2, 0) is 4.74 Å². The van der Waals surface area contributed by atoms with Gasteiger partial charge in [-0.15, -0.1) is 0 Å². The Morgan fingerprint density at radius 2 is 1.89 bits per heavy atom. The molecule has 0 fully saturated rings. The number of benzene rings is 1. The Labute approximate surface area is 107 Å². The number of hydrogen-bond donors (Lipinski definition) is 1. The number of ether oxygens (including phenoxy) is 1. The zero-order chi connectivity index (χ0) is 14.0. The highest BCUT2D eigenvalue weighted by Gasteiger charge is 2.22. The Bertz CT molecular complexity index is 589. The van der Waals surface area contributed by atoms with Crippen LogP contribution in [-0.4, -0.2) is 13.1 Å². The van der Waals surface area contributed by atoms with Crippen LogP contribution in [0.2, 0.25) is 0 Å². The van der Waals surface area contributed by atoms with Crippen molar-refractivity contribution in [1.82, 2.24) is 0 Å². The van der Waals surface area contributed by atoms with Gasteiger partial charge in [0.05, 0.1) is 13.2 Å². The van der Waals surface area contributed by atoms with Gasteiger partial charge in [0, 0.05) is 5.56 Å². The Morgan fingerprint density at radius 1 is 1.26 bits per heavy atom. The molecule has 0 saturated carbocycles. The number of furan rings is 1. The summed E-state index contributed by atoms with van der Waals surface area (Å²) < 4.78 is 36.7. The van der Waals surface area contributed by atoms with Gasteiger partial charge in [-0.3, -0.25) is 0 Å². The highest BCUT2D eigenvalue weighted by Crippen LogP contribution is 2.26. The van der Waals surface area contributed by atoms with E-state index in [4.69, 9.17) is 10.2 Å². The maximum absolute atomic E-state index is 13.6. The first-order valence-corrected chi connectivity index (χ1v) is 5.42. The number of carbonyl (C=O) groups excluding carboxylic acids is 1. The van der Waals surface area contributed by atoms with Crippen LogP contribution in [0.15, 0.2) is 34.7 Å². The van der Waals surface area contributed by atoms with Crippen molar-refractivity contribution in [3.8, 4) is 0 Å². The van der Waals surface area contributed by atoms with Gasteiger partial charge in [0.25, 0.3) is 0 Å². The predicted octanol–water partition coefficient (Wildman–Crippen LogP) is 2.39. The molecule has 6 heteroatoms. The third-order valence-electron chi connectivity index (χ3n) is 2.63. The van der Waals surface area contributed by atoms with Crippen molar-refractivity contribution in [2.75, 3.05) is 7.11 Å². The van der Waals surface area contributed by atoms with Crippen molar-refractivity contribution in [2.45, 2.75) is 6.04 Å². The van der Waals surface area contributed by atoms with E-state index in [2.05, 4.69) is 4.74 Å². The fraction of sp³-hybridized carbons (Fsp3) is 0.154. The Morgan fingerprint density at radius 3 is 2.47 bits per heavy atom. The number of nitrogens with two attached hydrogens (primary N) is 1. The third kappa shape index (κ3) is 2.48. The summed E-state index contributed by atoms with van der Waals surface area (Å²) >= 11 is 0. The van der Waals surface area contributed by atoms with E-state index in [1.54, 1.807) is 0 Å². The van der Waals surface area contributed by atoms with Crippen molar-refractivity contribution >= 4 is 5.97 Å². The Hall–Kier alpha value is -2.21. The molecule has 1 aromatic carbocycles. The number of methoxy groups -OCH3 is 1. The largest absolute Gasteiger partial charge is 0.463 e. The first-order chi connectivity index (χ1) is 9.04. The molecule has 1 aromatic heterocycles. The topological polar surface area (TPSA) is 65.5 Å². The number of esters is 1. The van der Waals surface area contributed by atoms with Gasteiger partial charge in [0.15, 0.2) is 0 Å². The van der Waals surface area contributed by atoms with Crippen LogP contribution >= 0.6 is 0 Å². The van der Waals surface area contributed by atoms with Crippen molar-refractivity contribution in [2.24, 2.45) is 5.73 Å².